The molecule has 6 heteroatoms. The molecule has 1 N–H and O–H groups in total. The Labute approximate surface area is 128 Å². The van der Waals surface area contributed by atoms with Crippen LogP contribution in [0.4, 0.5) is 0 Å². The first kappa shape index (κ1) is 14.6. The van der Waals surface area contributed by atoms with Gasteiger partial charge in [-0.15, -0.1) is 0 Å². The van der Waals surface area contributed by atoms with Crippen LogP contribution in [0.3, 0.4) is 0 Å². The van der Waals surface area contributed by atoms with Crippen LogP contribution in [0.2, 0.25) is 0 Å². The van der Waals surface area contributed by atoms with Crippen molar-refractivity contribution in [3.63, 3.8) is 0 Å². The highest BCUT2D eigenvalue weighted by atomic mass is 16.4. The second kappa shape index (κ2) is 5.79. The van der Waals surface area contributed by atoms with Gasteiger partial charge in [-0.1, -0.05) is 13.0 Å². The molecule has 1 aliphatic heterocycles. The third-order valence-corrected chi connectivity index (χ3v) is 4.11. The van der Waals surface area contributed by atoms with Crippen LogP contribution in [0.15, 0.2) is 30.6 Å². The maximum Gasteiger partial charge on any atom is 0.308 e. The molecular weight excluding hydrogens is 282 g/mol. The van der Waals surface area contributed by atoms with Gasteiger partial charge in [0.2, 0.25) is 5.91 Å². The fourth-order valence-corrected chi connectivity index (χ4v) is 3.07. The van der Waals surface area contributed by atoms with Gasteiger partial charge in [-0.3, -0.25) is 9.59 Å². The number of carboxylic acids is 1. The van der Waals surface area contributed by atoms with Crippen molar-refractivity contribution >= 4 is 17.5 Å². The van der Waals surface area contributed by atoms with Gasteiger partial charge in [0.1, 0.15) is 5.65 Å². The summed E-state index contributed by atoms with van der Waals surface area (Å²) in [5.41, 5.74) is 1.52. The van der Waals surface area contributed by atoms with E-state index in [-0.39, 0.29) is 18.2 Å². The molecule has 1 saturated heterocycles. The molecule has 2 aromatic rings. The van der Waals surface area contributed by atoms with E-state index in [0.717, 1.165) is 5.65 Å². The first-order valence-electron chi connectivity index (χ1n) is 7.46. The minimum Gasteiger partial charge on any atom is -0.481 e. The number of hydrogen-bond acceptors (Lipinski definition) is 3. The van der Waals surface area contributed by atoms with E-state index < -0.39 is 11.9 Å². The lowest BCUT2D eigenvalue weighted by molar-refractivity contribution is -0.146. The lowest BCUT2D eigenvalue weighted by Crippen LogP contribution is -2.46. The quantitative estimate of drug-likeness (QED) is 0.931. The first-order chi connectivity index (χ1) is 10.5. The second-order valence-electron chi connectivity index (χ2n) is 6.05. The number of amides is 1. The lowest BCUT2D eigenvalue weighted by Gasteiger charge is -2.34. The summed E-state index contributed by atoms with van der Waals surface area (Å²) in [6.07, 6.45) is 4.57. The van der Waals surface area contributed by atoms with Gasteiger partial charge in [0.25, 0.3) is 0 Å². The largest absolute Gasteiger partial charge is 0.481 e. The summed E-state index contributed by atoms with van der Waals surface area (Å²) in [5.74, 6) is -1.13. The van der Waals surface area contributed by atoms with Crippen LogP contribution >= 0.6 is 0 Å². The number of hydrogen-bond donors (Lipinski definition) is 1. The van der Waals surface area contributed by atoms with Gasteiger partial charge in [-0.2, -0.15) is 0 Å². The molecule has 1 amide bonds. The zero-order valence-corrected chi connectivity index (χ0v) is 12.5. The van der Waals surface area contributed by atoms with E-state index in [1.165, 1.54) is 0 Å². The summed E-state index contributed by atoms with van der Waals surface area (Å²) in [4.78, 5) is 29.7. The van der Waals surface area contributed by atoms with E-state index in [2.05, 4.69) is 4.98 Å². The smallest absolute Gasteiger partial charge is 0.308 e. The minimum atomic E-state index is -0.822. The van der Waals surface area contributed by atoms with E-state index in [4.69, 9.17) is 0 Å². The van der Waals surface area contributed by atoms with Crippen molar-refractivity contribution < 1.29 is 14.7 Å². The number of nitrogens with zero attached hydrogens (tertiary/aromatic N) is 3. The van der Waals surface area contributed by atoms with Crippen LogP contribution in [0.25, 0.3) is 5.65 Å². The number of rotatable bonds is 3. The average molecular weight is 301 g/mol. The van der Waals surface area contributed by atoms with Crippen molar-refractivity contribution in [3.05, 3.63) is 36.3 Å². The Morgan fingerprint density at radius 3 is 2.91 bits per heavy atom. The van der Waals surface area contributed by atoms with Crippen LogP contribution in [-0.2, 0) is 16.0 Å². The van der Waals surface area contributed by atoms with Gasteiger partial charge in [0, 0.05) is 25.5 Å². The van der Waals surface area contributed by atoms with Crippen molar-refractivity contribution in [2.45, 2.75) is 19.8 Å². The van der Waals surface area contributed by atoms with Crippen LogP contribution in [-0.4, -0.2) is 44.4 Å². The Kier molecular flexibility index (Phi) is 3.83. The lowest BCUT2D eigenvalue weighted by atomic mass is 9.90. The van der Waals surface area contributed by atoms with E-state index >= 15 is 0 Å². The number of carbonyl (C=O) groups excluding carboxylic acids is 1. The predicted octanol–water partition coefficient (Wildman–Crippen LogP) is 1.45. The Morgan fingerprint density at radius 1 is 1.36 bits per heavy atom. The van der Waals surface area contributed by atoms with E-state index in [0.29, 0.717) is 25.2 Å². The van der Waals surface area contributed by atoms with Crippen molar-refractivity contribution in [3.8, 4) is 0 Å². The number of piperidine rings is 1. The number of fused-ring (bicyclic) bond motifs is 1. The van der Waals surface area contributed by atoms with Gasteiger partial charge in [0.15, 0.2) is 0 Å². The summed E-state index contributed by atoms with van der Waals surface area (Å²) in [6, 6.07) is 5.69. The van der Waals surface area contributed by atoms with Gasteiger partial charge < -0.3 is 14.4 Å². The van der Waals surface area contributed by atoms with Gasteiger partial charge >= 0.3 is 5.97 Å². The summed E-state index contributed by atoms with van der Waals surface area (Å²) < 4.78 is 1.88. The Bertz CT molecular complexity index is 676. The third kappa shape index (κ3) is 2.95. The molecule has 0 radical (unpaired) electrons. The Morgan fingerprint density at radius 2 is 2.18 bits per heavy atom. The van der Waals surface area contributed by atoms with E-state index in [9.17, 15) is 14.7 Å². The summed E-state index contributed by atoms with van der Waals surface area (Å²) in [5, 5.41) is 9.19. The topological polar surface area (TPSA) is 74.9 Å². The van der Waals surface area contributed by atoms with Crippen LogP contribution in [0.5, 0.6) is 0 Å². The molecule has 6 nitrogen and oxygen atoms in total. The molecule has 2 atom stereocenters. The maximum absolute atomic E-state index is 12.4. The maximum atomic E-state index is 12.4. The fraction of sp³-hybridized carbons (Fsp3) is 0.438. The summed E-state index contributed by atoms with van der Waals surface area (Å²) in [7, 11) is 0. The van der Waals surface area contributed by atoms with Crippen LogP contribution in [0, 0.1) is 11.8 Å². The molecule has 0 aliphatic carbocycles. The molecule has 0 aromatic carbocycles. The average Bonchev–Trinajstić information content (AvgIpc) is 2.88. The molecule has 1 aliphatic rings. The molecule has 2 aromatic heterocycles. The molecule has 0 saturated carbocycles. The monoisotopic (exact) mass is 301 g/mol. The first-order valence-corrected chi connectivity index (χ1v) is 7.46. The number of aromatic nitrogens is 2. The highest BCUT2D eigenvalue weighted by Crippen LogP contribution is 2.22. The zero-order valence-electron chi connectivity index (χ0n) is 12.5. The minimum absolute atomic E-state index is 0.0544. The number of likely N-dealkylation sites (tertiary alicyclic amines) is 1. The molecule has 2 unspecified atom stereocenters. The normalized spacial score (nSPS) is 22.0. The van der Waals surface area contributed by atoms with Gasteiger partial charge in [0.05, 0.1) is 18.0 Å². The van der Waals surface area contributed by atoms with Crippen molar-refractivity contribution in [1.82, 2.24) is 14.3 Å². The number of imidazole rings is 1. The van der Waals surface area contributed by atoms with Gasteiger partial charge in [-0.25, -0.2) is 4.98 Å². The molecule has 0 bridgehead atoms. The fourth-order valence-electron chi connectivity index (χ4n) is 3.07. The van der Waals surface area contributed by atoms with Crippen molar-refractivity contribution in [2.75, 3.05) is 13.1 Å². The SMILES string of the molecule is CC1CC(C(=O)O)CN(C(=O)Cc2cn3ccccc3n2)C1. The number of carbonyl (C=O) groups is 2. The highest BCUT2D eigenvalue weighted by Gasteiger charge is 2.31. The molecule has 3 heterocycles. The zero-order chi connectivity index (χ0) is 15.7. The standard InChI is InChI=1S/C16H19N3O3/c1-11-6-12(16(21)22)9-19(8-11)15(20)7-13-10-18-5-3-2-4-14(18)17-13/h2-5,10-12H,6-9H2,1H3,(H,21,22). The molecule has 116 valence electrons. The number of aliphatic carboxylic acids is 1. The van der Waals surface area contributed by atoms with Crippen molar-refractivity contribution in [2.24, 2.45) is 11.8 Å². The second-order valence-corrected chi connectivity index (χ2v) is 6.05. The Hall–Kier alpha value is -2.37. The third-order valence-electron chi connectivity index (χ3n) is 4.11. The molecule has 22 heavy (non-hydrogen) atoms. The summed E-state index contributed by atoms with van der Waals surface area (Å²) >= 11 is 0. The molecule has 3 rings (SSSR count). The van der Waals surface area contributed by atoms with E-state index in [1.807, 2.05) is 41.9 Å². The molecule has 1 fully saturated rings. The highest BCUT2D eigenvalue weighted by molar-refractivity contribution is 5.80. The molecular formula is C16H19N3O3. The summed E-state index contributed by atoms with van der Waals surface area (Å²) in [6.45, 7) is 2.90. The predicted molar refractivity (Wildman–Crippen MR) is 80.4 cm³/mol. The number of carboxylic acid groups (broad SMARTS) is 1. The van der Waals surface area contributed by atoms with Gasteiger partial charge in [-0.05, 0) is 24.5 Å². The number of pyridine rings is 1. The van der Waals surface area contributed by atoms with Crippen LogP contribution < -0.4 is 0 Å². The van der Waals surface area contributed by atoms with Crippen LogP contribution in [0.1, 0.15) is 19.0 Å². The molecule has 0 spiro atoms. The van der Waals surface area contributed by atoms with Crippen molar-refractivity contribution in [1.29, 1.82) is 0 Å². The van der Waals surface area contributed by atoms with E-state index in [1.54, 1.807) is 4.90 Å². The Balaban J connectivity index is 1.71.